The van der Waals surface area contributed by atoms with Gasteiger partial charge in [0.2, 0.25) is 5.88 Å². The number of fused-ring (bicyclic) bond motifs is 1. The molecule has 0 amide bonds. The SMILES string of the molecule is COc1nc(C)nc2c1nc(I)n2C1O[C@H](COP(=O)(O)N[C@@H](C)C(=O)O)[C@@H](O)[C@@]1(C)O. The monoisotopic (exact) mass is 587 g/mol. The maximum atomic E-state index is 12.1. The van der Waals surface area contributed by atoms with E-state index >= 15 is 0 Å². The number of hydrogen-bond donors (Lipinski definition) is 5. The number of methoxy groups -OCH3 is 1. The third-order valence-corrected chi connectivity index (χ3v) is 6.87. The van der Waals surface area contributed by atoms with Gasteiger partial charge in [-0.3, -0.25) is 13.9 Å². The number of carboxylic acid groups (broad SMARTS) is 1. The quantitative estimate of drug-likeness (QED) is 0.157. The fraction of sp³-hybridized carbons (Fsp3) is 0.625. The molecule has 14 nitrogen and oxygen atoms in total. The van der Waals surface area contributed by atoms with E-state index < -0.39 is 50.4 Å². The van der Waals surface area contributed by atoms with Gasteiger partial charge >= 0.3 is 13.7 Å². The summed E-state index contributed by atoms with van der Waals surface area (Å²) in [7, 11) is -3.10. The van der Waals surface area contributed by atoms with Crippen LogP contribution in [0, 0.1) is 10.8 Å². The molecule has 1 fully saturated rings. The highest BCUT2D eigenvalue weighted by atomic mass is 127. The second kappa shape index (κ2) is 9.06. The molecule has 16 heteroatoms. The number of carbonyl (C=O) groups is 1. The molecule has 0 saturated carbocycles. The van der Waals surface area contributed by atoms with Crippen LogP contribution in [0.4, 0.5) is 0 Å². The average molecular weight is 587 g/mol. The number of aliphatic hydroxyl groups is 2. The van der Waals surface area contributed by atoms with Crippen LogP contribution in [0.3, 0.4) is 0 Å². The average Bonchev–Trinajstić information content (AvgIpc) is 3.12. The number of ether oxygens (including phenoxy) is 2. The molecule has 3 rings (SSSR count). The molecule has 5 N–H and O–H groups in total. The number of hydrogen-bond acceptors (Lipinski definition) is 10. The maximum Gasteiger partial charge on any atom is 0.403 e. The van der Waals surface area contributed by atoms with Crippen molar-refractivity contribution in [3.8, 4) is 5.88 Å². The van der Waals surface area contributed by atoms with E-state index in [2.05, 4.69) is 15.0 Å². The topological polar surface area (TPSA) is 198 Å². The minimum absolute atomic E-state index is 0.224. The molecule has 0 bridgehead atoms. The van der Waals surface area contributed by atoms with Crippen LogP contribution < -0.4 is 9.82 Å². The lowest BCUT2D eigenvalue weighted by Crippen LogP contribution is -2.44. The number of aryl methyl sites for hydroxylation is 1. The van der Waals surface area contributed by atoms with E-state index in [-0.39, 0.29) is 5.88 Å². The van der Waals surface area contributed by atoms with Gasteiger partial charge in [-0.25, -0.2) is 19.6 Å². The first-order chi connectivity index (χ1) is 14.8. The van der Waals surface area contributed by atoms with E-state index in [0.717, 1.165) is 0 Å². The molecule has 0 spiro atoms. The van der Waals surface area contributed by atoms with Gasteiger partial charge in [-0.05, 0) is 20.8 Å². The lowest BCUT2D eigenvalue weighted by Gasteiger charge is -2.27. The van der Waals surface area contributed by atoms with Crippen LogP contribution in [0.1, 0.15) is 25.9 Å². The van der Waals surface area contributed by atoms with Gasteiger partial charge in [0, 0.05) is 22.6 Å². The number of nitrogens with one attached hydrogen (secondary N) is 1. The smallest absolute Gasteiger partial charge is 0.403 e. The first kappa shape index (κ1) is 25.2. The van der Waals surface area contributed by atoms with E-state index in [4.69, 9.17) is 19.1 Å². The lowest BCUT2D eigenvalue weighted by molar-refractivity contribution is -0.138. The highest BCUT2D eigenvalue weighted by Crippen LogP contribution is 2.44. The summed E-state index contributed by atoms with van der Waals surface area (Å²) in [6, 6.07) is -1.35. The first-order valence-electron chi connectivity index (χ1n) is 9.28. The van der Waals surface area contributed by atoms with Crippen LogP contribution in [0.25, 0.3) is 11.2 Å². The third-order valence-electron chi connectivity index (χ3n) is 4.90. The standard InChI is InChI=1S/C16H23IN5O9P/c1-6(13(24)25)21-32(27,28)30-5-8-10(23)16(3,26)14(31-8)22-11-9(20-15(22)17)12(29-4)19-7(2)18-11/h6,8,10,14,23,26H,5H2,1-4H3,(H,24,25)(H2,21,27,28)/t6-,8+,10+,14?,16+/m0/s1. The van der Waals surface area contributed by atoms with Gasteiger partial charge in [-0.1, -0.05) is 0 Å². The van der Waals surface area contributed by atoms with Crippen LogP contribution in [-0.2, 0) is 18.6 Å². The number of aliphatic hydroxyl groups excluding tert-OH is 1. The Morgan fingerprint density at radius 2 is 2.09 bits per heavy atom. The molecule has 0 aliphatic carbocycles. The van der Waals surface area contributed by atoms with Crippen molar-refractivity contribution in [3.05, 3.63) is 9.66 Å². The molecule has 2 aromatic rings. The summed E-state index contributed by atoms with van der Waals surface area (Å²) >= 11 is 1.91. The number of aromatic nitrogens is 4. The lowest BCUT2D eigenvalue weighted by atomic mass is 9.96. The predicted molar refractivity (Wildman–Crippen MR) is 116 cm³/mol. The van der Waals surface area contributed by atoms with Crippen LogP contribution in [-0.4, -0.2) is 83.3 Å². The summed E-state index contributed by atoms with van der Waals surface area (Å²) in [4.78, 5) is 33.6. The molecule has 3 heterocycles. The molecular weight excluding hydrogens is 564 g/mol. The van der Waals surface area contributed by atoms with Gasteiger partial charge in [0.15, 0.2) is 21.2 Å². The summed E-state index contributed by atoms with van der Waals surface area (Å²) in [5.74, 6) is -0.746. The molecule has 32 heavy (non-hydrogen) atoms. The summed E-state index contributed by atoms with van der Waals surface area (Å²) in [6.45, 7) is 3.54. The highest BCUT2D eigenvalue weighted by molar-refractivity contribution is 14.1. The number of nitrogens with zero attached hydrogens (tertiary/aromatic N) is 4. The van der Waals surface area contributed by atoms with Crippen molar-refractivity contribution in [3.63, 3.8) is 0 Å². The van der Waals surface area contributed by atoms with Gasteiger partial charge in [0.25, 0.3) is 0 Å². The van der Waals surface area contributed by atoms with Crippen LogP contribution in [0.15, 0.2) is 0 Å². The van der Waals surface area contributed by atoms with Crippen LogP contribution in [0.2, 0.25) is 0 Å². The maximum absolute atomic E-state index is 12.1. The second-order valence-corrected chi connectivity index (χ2v) is 9.93. The minimum Gasteiger partial charge on any atom is -0.480 e. The molecular formula is C16H23IN5O9P. The fourth-order valence-corrected chi connectivity index (χ4v) is 4.99. The van der Waals surface area contributed by atoms with E-state index in [0.29, 0.717) is 20.8 Å². The largest absolute Gasteiger partial charge is 0.480 e. The molecule has 1 saturated heterocycles. The molecule has 1 aliphatic heterocycles. The van der Waals surface area contributed by atoms with Gasteiger partial charge in [-0.2, -0.15) is 4.98 Å². The van der Waals surface area contributed by atoms with Gasteiger partial charge in [0.05, 0.1) is 13.7 Å². The summed E-state index contributed by atoms with van der Waals surface area (Å²) in [5, 5.41) is 32.5. The second-order valence-electron chi connectivity index (χ2n) is 7.41. The Balaban J connectivity index is 1.88. The Kier molecular flexibility index (Phi) is 7.12. The molecule has 1 aliphatic rings. The Labute approximate surface area is 195 Å². The van der Waals surface area contributed by atoms with Crippen molar-refractivity contribution in [2.45, 2.75) is 50.8 Å². The molecule has 0 aromatic carbocycles. The Hall–Kier alpha value is -1.46. The fourth-order valence-electron chi connectivity index (χ4n) is 3.24. The summed E-state index contributed by atoms with van der Waals surface area (Å²) in [6.07, 6.45) is -3.94. The zero-order valence-corrected chi connectivity index (χ0v) is 20.5. The molecule has 2 aromatic heterocycles. The van der Waals surface area contributed by atoms with Crippen molar-refractivity contribution in [2.24, 2.45) is 0 Å². The number of carboxylic acids is 1. The molecule has 178 valence electrons. The van der Waals surface area contributed by atoms with Crippen LogP contribution in [0.5, 0.6) is 5.88 Å². The molecule has 6 atom stereocenters. The first-order valence-corrected chi connectivity index (χ1v) is 11.9. The van der Waals surface area contributed by atoms with E-state index in [1.807, 2.05) is 27.7 Å². The van der Waals surface area contributed by atoms with Gasteiger partial charge in [0.1, 0.15) is 29.7 Å². The normalized spacial score (nSPS) is 28.6. The summed E-state index contributed by atoms with van der Waals surface area (Å²) < 4.78 is 29.9. The van der Waals surface area contributed by atoms with Crippen molar-refractivity contribution in [2.75, 3.05) is 13.7 Å². The number of imidazole rings is 1. The van der Waals surface area contributed by atoms with Crippen molar-refractivity contribution in [1.29, 1.82) is 0 Å². The summed E-state index contributed by atoms with van der Waals surface area (Å²) in [5.41, 5.74) is -1.25. The zero-order valence-electron chi connectivity index (χ0n) is 17.5. The third kappa shape index (κ3) is 4.75. The van der Waals surface area contributed by atoms with Crippen LogP contribution >= 0.6 is 30.3 Å². The van der Waals surface area contributed by atoms with Crippen molar-refractivity contribution < 1.29 is 43.6 Å². The minimum atomic E-state index is -4.53. The number of halogens is 1. The molecule has 2 unspecified atom stereocenters. The zero-order chi connectivity index (χ0) is 24.0. The van der Waals surface area contributed by atoms with E-state index in [9.17, 15) is 24.5 Å². The Bertz CT molecular complexity index is 1080. The van der Waals surface area contributed by atoms with E-state index in [1.54, 1.807) is 6.92 Å². The number of rotatable bonds is 8. The van der Waals surface area contributed by atoms with Gasteiger partial charge in [-0.15, -0.1) is 0 Å². The van der Waals surface area contributed by atoms with E-state index in [1.165, 1.54) is 25.5 Å². The number of aliphatic carboxylic acids is 1. The molecule has 0 radical (unpaired) electrons. The van der Waals surface area contributed by atoms with Crippen molar-refractivity contribution >= 4 is 47.5 Å². The van der Waals surface area contributed by atoms with Crippen molar-refractivity contribution in [1.82, 2.24) is 24.6 Å². The highest BCUT2D eigenvalue weighted by Gasteiger charge is 2.54. The predicted octanol–water partition coefficient (Wildman–Crippen LogP) is -0.0631. The Morgan fingerprint density at radius 1 is 1.44 bits per heavy atom. The van der Waals surface area contributed by atoms with Gasteiger partial charge < -0.3 is 29.7 Å². The Morgan fingerprint density at radius 3 is 2.69 bits per heavy atom.